The molecule has 0 unspecified atom stereocenters. The molecule has 19 heavy (non-hydrogen) atoms. The van der Waals surface area contributed by atoms with Crippen molar-refractivity contribution in [2.75, 3.05) is 5.73 Å². The van der Waals surface area contributed by atoms with E-state index >= 15 is 0 Å². The first kappa shape index (κ1) is 13.5. The van der Waals surface area contributed by atoms with Crippen LogP contribution in [0.5, 0.6) is 0 Å². The van der Waals surface area contributed by atoms with E-state index in [-0.39, 0.29) is 5.69 Å². The molecule has 0 aromatic carbocycles. The van der Waals surface area contributed by atoms with Crippen molar-refractivity contribution in [3.63, 3.8) is 0 Å². The summed E-state index contributed by atoms with van der Waals surface area (Å²) in [6.07, 6.45) is 0. The number of nitrogens with two attached hydrogens (primary N) is 1. The van der Waals surface area contributed by atoms with Crippen LogP contribution in [0.1, 0.15) is 31.3 Å². The van der Waals surface area contributed by atoms with Crippen molar-refractivity contribution in [2.24, 2.45) is 0 Å². The number of rotatable bonds is 2. The summed E-state index contributed by atoms with van der Waals surface area (Å²) in [5, 5.41) is 2.27. The number of thiazole rings is 1. The molecule has 0 aliphatic rings. The van der Waals surface area contributed by atoms with Gasteiger partial charge in [-0.25, -0.2) is 14.8 Å². The Kier molecular flexibility index (Phi) is 3.53. The van der Waals surface area contributed by atoms with Crippen LogP contribution in [0.4, 0.5) is 5.13 Å². The van der Waals surface area contributed by atoms with Crippen LogP contribution in [0.25, 0.3) is 11.4 Å². The monoisotopic (exact) mass is 277 g/mol. The summed E-state index contributed by atoms with van der Waals surface area (Å²) in [5.74, 6) is -0.447. The van der Waals surface area contributed by atoms with Crippen molar-refractivity contribution in [1.29, 1.82) is 0 Å². The Bertz CT molecular complexity index is 602. The maximum absolute atomic E-state index is 11.9. The van der Waals surface area contributed by atoms with Gasteiger partial charge in [0.15, 0.2) is 5.13 Å². The average Bonchev–Trinajstić information content (AvgIpc) is 2.74. The van der Waals surface area contributed by atoms with Crippen LogP contribution in [0.3, 0.4) is 0 Å². The fourth-order valence-corrected chi connectivity index (χ4v) is 1.98. The molecule has 5 nitrogen and oxygen atoms in total. The number of carbonyl (C=O) groups is 1. The molecule has 2 N–H and O–H groups in total. The highest BCUT2D eigenvalue weighted by Crippen LogP contribution is 2.22. The summed E-state index contributed by atoms with van der Waals surface area (Å²) < 4.78 is 5.28. The van der Waals surface area contributed by atoms with Gasteiger partial charge in [-0.2, -0.15) is 0 Å². The Balaban J connectivity index is 2.27. The summed E-state index contributed by atoms with van der Waals surface area (Å²) in [6, 6.07) is 5.15. The van der Waals surface area contributed by atoms with Crippen molar-refractivity contribution in [2.45, 2.75) is 26.4 Å². The standard InChI is InChI=1S/C13H15N3O2S/c1-13(2,3)18-11(17)9-6-4-5-8(15-9)10-7-19-12(14)16-10/h4-7H,1-3H3,(H2,14,16). The number of hydrogen-bond donors (Lipinski definition) is 1. The number of hydrogen-bond acceptors (Lipinski definition) is 6. The van der Waals surface area contributed by atoms with Crippen molar-refractivity contribution < 1.29 is 9.53 Å². The lowest BCUT2D eigenvalue weighted by Gasteiger charge is -2.19. The lowest BCUT2D eigenvalue weighted by Crippen LogP contribution is -2.24. The summed E-state index contributed by atoms with van der Waals surface area (Å²) in [7, 11) is 0. The second-order valence-corrected chi connectivity index (χ2v) is 5.87. The predicted octanol–water partition coefficient (Wildman–Crippen LogP) is 2.74. The molecule has 0 aliphatic carbocycles. The Labute approximate surface area is 115 Å². The van der Waals surface area contributed by atoms with Gasteiger partial charge in [-0.3, -0.25) is 0 Å². The van der Waals surface area contributed by atoms with Crippen molar-refractivity contribution >= 4 is 22.4 Å². The summed E-state index contributed by atoms with van der Waals surface area (Å²) in [4.78, 5) is 20.3. The maximum atomic E-state index is 11.9. The molecule has 0 saturated heterocycles. The van der Waals surface area contributed by atoms with E-state index in [9.17, 15) is 4.79 Å². The summed E-state index contributed by atoms with van der Waals surface area (Å²) in [5.41, 5.74) is 6.57. The van der Waals surface area contributed by atoms with Gasteiger partial charge in [0.05, 0.1) is 5.69 Å². The molecule has 100 valence electrons. The third-order valence-corrected chi connectivity index (χ3v) is 2.82. The van der Waals surface area contributed by atoms with E-state index in [0.717, 1.165) is 0 Å². The Hall–Kier alpha value is -1.95. The number of aromatic nitrogens is 2. The molecule has 0 saturated carbocycles. The zero-order valence-corrected chi connectivity index (χ0v) is 11.8. The Morgan fingerprint density at radius 2 is 2.00 bits per heavy atom. The molecule has 6 heteroatoms. The van der Waals surface area contributed by atoms with Crippen LogP contribution < -0.4 is 5.73 Å². The summed E-state index contributed by atoms with van der Waals surface area (Å²) >= 11 is 1.33. The van der Waals surface area contributed by atoms with Gasteiger partial charge >= 0.3 is 5.97 Å². The number of ether oxygens (including phenoxy) is 1. The smallest absolute Gasteiger partial charge is 0.357 e. The Morgan fingerprint density at radius 3 is 2.58 bits per heavy atom. The predicted molar refractivity (Wildman–Crippen MR) is 74.9 cm³/mol. The average molecular weight is 277 g/mol. The van der Waals surface area contributed by atoms with Crippen LogP contribution in [0, 0.1) is 0 Å². The number of nitrogens with zero attached hydrogens (tertiary/aromatic N) is 2. The van der Waals surface area contributed by atoms with Gasteiger partial charge < -0.3 is 10.5 Å². The lowest BCUT2D eigenvalue weighted by atomic mass is 10.2. The first-order valence-corrected chi connectivity index (χ1v) is 6.65. The number of carbonyl (C=O) groups excluding carboxylic acids is 1. The van der Waals surface area contributed by atoms with E-state index < -0.39 is 11.6 Å². The molecule has 0 aliphatic heterocycles. The van der Waals surface area contributed by atoms with E-state index in [1.807, 2.05) is 20.8 Å². The molecule has 0 radical (unpaired) electrons. The zero-order chi connectivity index (χ0) is 14.0. The van der Waals surface area contributed by atoms with Crippen molar-refractivity contribution in [1.82, 2.24) is 9.97 Å². The van der Waals surface area contributed by atoms with Gasteiger partial charge in [0.2, 0.25) is 0 Å². The highest BCUT2D eigenvalue weighted by atomic mass is 32.1. The quantitative estimate of drug-likeness (QED) is 0.854. The van der Waals surface area contributed by atoms with Gasteiger partial charge in [-0.15, -0.1) is 11.3 Å². The van der Waals surface area contributed by atoms with Gasteiger partial charge in [0.1, 0.15) is 17.0 Å². The fourth-order valence-electron chi connectivity index (χ4n) is 1.43. The minimum absolute atomic E-state index is 0.263. The van der Waals surface area contributed by atoms with Gasteiger partial charge in [0.25, 0.3) is 0 Å². The molecule has 0 spiro atoms. The molecule has 2 rings (SSSR count). The van der Waals surface area contributed by atoms with E-state index in [1.54, 1.807) is 23.6 Å². The second-order valence-electron chi connectivity index (χ2n) is 4.98. The number of pyridine rings is 1. The molecule has 0 bridgehead atoms. The first-order chi connectivity index (χ1) is 8.85. The molecule has 0 amide bonds. The van der Waals surface area contributed by atoms with Crippen LogP contribution in [-0.2, 0) is 4.74 Å². The molecular formula is C13H15N3O2S. The molecule has 2 heterocycles. The summed E-state index contributed by atoms with van der Waals surface area (Å²) in [6.45, 7) is 5.45. The topological polar surface area (TPSA) is 78.1 Å². The van der Waals surface area contributed by atoms with Crippen LogP contribution in [-0.4, -0.2) is 21.5 Å². The van der Waals surface area contributed by atoms with Crippen molar-refractivity contribution in [3.05, 3.63) is 29.3 Å². The first-order valence-electron chi connectivity index (χ1n) is 5.77. The van der Waals surface area contributed by atoms with E-state index in [0.29, 0.717) is 16.5 Å². The fraction of sp³-hybridized carbons (Fsp3) is 0.308. The van der Waals surface area contributed by atoms with E-state index in [2.05, 4.69) is 9.97 Å². The highest BCUT2D eigenvalue weighted by Gasteiger charge is 2.19. The highest BCUT2D eigenvalue weighted by molar-refractivity contribution is 7.13. The minimum Gasteiger partial charge on any atom is -0.455 e. The molecule has 2 aromatic heterocycles. The Morgan fingerprint density at radius 1 is 1.26 bits per heavy atom. The third kappa shape index (κ3) is 3.51. The zero-order valence-electron chi connectivity index (χ0n) is 11.0. The minimum atomic E-state index is -0.542. The van der Waals surface area contributed by atoms with Crippen LogP contribution in [0.2, 0.25) is 0 Å². The SMILES string of the molecule is CC(C)(C)OC(=O)c1cccc(-c2csc(N)n2)n1. The van der Waals surface area contributed by atoms with Gasteiger partial charge in [-0.05, 0) is 32.9 Å². The number of nitrogen functional groups attached to an aromatic ring is 1. The van der Waals surface area contributed by atoms with Crippen LogP contribution in [0.15, 0.2) is 23.6 Å². The molecular weight excluding hydrogens is 262 g/mol. The van der Waals surface area contributed by atoms with E-state index in [1.165, 1.54) is 11.3 Å². The molecule has 2 aromatic rings. The maximum Gasteiger partial charge on any atom is 0.357 e. The molecule has 0 atom stereocenters. The number of anilines is 1. The lowest BCUT2D eigenvalue weighted by molar-refractivity contribution is 0.00630. The largest absolute Gasteiger partial charge is 0.455 e. The van der Waals surface area contributed by atoms with Gasteiger partial charge in [-0.1, -0.05) is 6.07 Å². The second kappa shape index (κ2) is 4.97. The van der Waals surface area contributed by atoms with Crippen molar-refractivity contribution in [3.8, 4) is 11.4 Å². The normalized spacial score (nSPS) is 11.3. The molecule has 0 fully saturated rings. The third-order valence-electron chi connectivity index (χ3n) is 2.14. The van der Waals surface area contributed by atoms with Gasteiger partial charge in [0, 0.05) is 5.38 Å². The number of esters is 1. The van der Waals surface area contributed by atoms with E-state index in [4.69, 9.17) is 10.5 Å². The van der Waals surface area contributed by atoms with Crippen LogP contribution >= 0.6 is 11.3 Å².